The van der Waals surface area contributed by atoms with Gasteiger partial charge in [-0.3, -0.25) is 14.9 Å². The Morgan fingerprint density at radius 3 is 2.34 bits per heavy atom. The summed E-state index contributed by atoms with van der Waals surface area (Å²) in [5.74, 6) is 0.394. The maximum absolute atomic E-state index is 13.1. The second kappa shape index (κ2) is 10.5. The van der Waals surface area contributed by atoms with Crippen molar-refractivity contribution in [3.63, 3.8) is 0 Å². The molecule has 0 radical (unpaired) electrons. The van der Waals surface area contributed by atoms with Gasteiger partial charge in [0.15, 0.2) is 0 Å². The molecule has 0 aromatic heterocycles. The first kappa shape index (κ1) is 22.9. The summed E-state index contributed by atoms with van der Waals surface area (Å²) in [4.78, 5) is 24.8. The topological polar surface area (TPSA) is 113 Å². The van der Waals surface area contributed by atoms with Crippen LogP contribution in [0.25, 0.3) is 11.1 Å². The lowest BCUT2D eigenvalue weighted by Gasteiger charge is -2.25. The second-order valence-electron chi connectivity index (χ2n) is 7.15. The molecule has 0 aliphatic rings. The lowest BCUT2D eigenvalue weighted by atomic mass is 10.0. The number of nitrogens with zero attached hydrogens (tertiary/aromatic N) is 2. The molecule has 0 aliphatic heterocycles. The molecule has 3 aromatic rings. The highest BCUT2D eigenvalue weighted by molar-refractivity contribution is 5.95. The van der Waals surface area contributed by atoms with Crippen molar-refractivity contribution in [3.05, 3.63) is 94.0 Å². The van der Waals surface area contributed by atoms with Crippen molar-refractivity contribution >= 4 is 11.6 Å². The summed E-state index contributed by atoms with van der Waals surface area (Å²) in [7, 11) is 1.59. The fourth-order valence-corrected chi connectivity index (χ4v) is 3.33. The monoisotopic (exact) mass is 436 g/mol. The predicted molar refractivity (Wildman–Crippen MR) is 119 cm³/mol. The second-order valence-corrected chi connectivity index (χ2v) is 7.15. The third kappa shape index (κ3) is 5.48. The zero-order valence-corrected chi connectivity index (χ0v) is 17.5. The standard InChI is InChI=1S/C24H24N2O6/c1-32-22-11-7-17(8-12-22)19-3-2-4-20(15-19)24(29)25(13-14-27)16-23(28)18-5-9-21(10-6-18)26(30)31/h2-12,15,23,27-28H,13-14,16H2,1H3. The fourth-order valence-electron chi connectivity index (χ4n) is 3.33. The molecule has 8 nitrogen and oxygen atoms in total. The molecule has 3 rings (SSSR count). The van der Waals surface area contributed by atoms with E-state index in [1.165, 1.54) is 29.2 Å². The molecule has 1 unspecified atom stereocenters. The fraction of sp³-hybridized carbons (Fsp3) is 0.208. The Labute approximate surface area is 185 Å². The normalized spacial score (nSPS) is 11.6. The van der Waals surface area contributed by atoms with Crippen LogP contribution in [0.4, 0.5) is 5.69 Å². The van der Waals surface area contributed by atoms with Crippen LogP contribution in [0.1, 0.15) is 22.0 Å². The highest BCUT2D eigenvalue weighted by Crippen LogP contribution is 2.24. The van der Waals surface area contributed by atoms with Gasteiger partial charge in [0.05, 0.1) is 31.3 Å². The van der Waals surface area contributed by atoms with E-state index in [1.54, 1.807) is 25.3 Å². The number of benzene rings is 3. The number of nitro groups is 1. The average Bonchev–Trinajstić information content (AvgIpc) is 2.83. The van der Waals surface area contributed by atoms with Crippen LogP contribution in [0.15, 0.2) is 72.8 Å². The number of ether oxygens (including phenoxy) is 1. The zero-order valence-electron chi connectivity index (χ0n) is 17.5. The number of carbonyl (C=O) groups is 1. The highest BCUT2D eigenvalue weighted by Gasteiger charge is 2.21. The van der Waals surface area contributed by atoms with Gasteiger partial charge >= 0.3 is 0 Å². The molecule has 2 N–H and O–H groups in total. The Hall–Kier alpha value is -3.75. The molecule has 0 saturated carbocycles. The summed E-state index contributed by atoms with van der Waals surface area (Å²) in [5.41, 5.74) is 2.54. The van der Waals surface area contributed by atoms with E-state index < -0.39 is 11.0 Å². The molecular formula is C24H24N2O6. The number of nitro benzene ring substituents is 1. The highest BCUT2D eigenvalue weighted by atomic mass is 16.6. The molecular weight excluding hydrogens is 412 g/mol. The number of non-ortho nitro benzene ring substituents is 1. The van der Waals surface area contributed by atoms with Gasteiger partial charge < -0.3 is 19.8 Å². The van der Waals surface area contributed by atoms with E-state index in [0.29, 0.717) is 11.1 Å². The number of hydrogen-bond donors (Lipinski definition) is 2. The van der Waals surface area contributed by atoms with E-state index >= 15 is 0 Å². The smallest absolute Gasteiger partial charge is 0.269 e. The largest absolute Gasteiger partial charge is 0.497 e. The maximum Gasteiger partial charge on any atom is 0.269 e. The number of carbonyl (C=O) groups excluding carboxylic acids is 1. The summed E-state index contributed by atoms with van der Waals surface area (Å²) in [6.07, 6.45) is -1.06. The van der Waals surface area contributed by atoms with Crippen molar-refractivity contribution in [2.24, 2.45) is 0 Å². The lowest BCUT2D eigenvalue weighted by Crippen LogP contribution is -2.37. The van der Waals surface area contributed by atoms with Gasteiger partial charge in [0, 0.05) is 24.2 Å². The minimum Gasteiger partial charge on any atom is -0.497 e. The molecule has 1 atom stereocenters. The van der Waals surface area contributed by atoms with Crippen molar-refractivity contribution in [2.45, 2.75) is 6.10 Å². The molecule has 3 aromatic carbocycles. The Morgan fingerprint density at radius 2 is 1.75 bits per heavy atom. The van der Waals surface area contributed by atoms with Crippen LogP contribution in [0.5, 0.6) is 5.75 Å². The van der Waals surface area contributed by atoms with Crippen molar-refractivity contribution in [1.29, 1.82) is 0 Å². The zero-order chi connectivity index (χ0) is 23.1. The summed E-state index contributed by atoms with van der Waals surface area (Å²) < 4.78 is 5.18. The summed E-state index contributed by atoms with van der Waals surface area (Å²) >= 11 is 0. The Morgan fingerprint density at radius 1 is 1.06 bits per heavy atom. The molecule has 0 bridgehead atoms. The van der Waals surface area contributed by atoms with E-state index in [2.05, 4.69) is 0 Å². The van der Waals surface area contributed by atoms with Gasteiger partial charge in [-0.05, 0) is 53.1 Å². The first-order chi connectivity index (χ1) is 15.4. The molecule has 1 amide bonds. The van der Waals surface area contributed by atoms with E-state index in [0.717, 1.165) is 16.9 Å². The number of hydrogen-bond acceptors (Lipinski definition) is 6. The molecule has 0 saturated heterocycles. The van der Waals surface area contributed by atoms with Gasteiger partial charge in [-0.15, -0.1) is 0 Å². The van der Waals surface area contributed by atoms with E-state index in [-0.39, 0.29) is 31.3 Å². The van der Waals surface area contributed by atoms with Crippen molar-refractivity contribution in [1.82, 2.24) is 4.90 Å². The Balaban J connectivity index is 1.78. The van der Waals surface area contributed by atoms with Crippen molar-refractivity contribution in [3.8, 4) is 16.9 Å². The molecule has 0 heterocycles. The van der Waals surface area contributed by atoms with Crippen LogP contribution >= 0.6 is 0 Å². The number of amides is 1. The SMILES string of the molecule is COc1ccc(-c2cccc(C(=O)N(CCO)CC(O)c3ccc([N+](=O)[O-])cc3)c2)cc1. The van der Waals surface area contributed by atoms with E-state index in [9.17, 15) is 25.1 Å². The van der Waals surface area contributed by atoms with Crippen LogP contribution in [0.3, 0.4) is 0 Å². The number of rotatable bonds is 9. The van der Waals surface area contributed by atoms with Crippen molar-refractivity contribution in [2.75, 3.05) is 26.8 Å². The van der Waals surface area contributed by atoms with Gasteiger partial charge in [-0.2, -0.15) is 0 Å². The molecule has 32 heavy (non-hydrogen) atoms. The van der Waals surface area contributed by atoms with Crippen molar-refractivity contribution < 1.29 is 24.7 Å². The average molecular weight is 436 g/mol. The van der Waals surface area contributed by atoms with Gasteiger partial charge in [-0.25, -0.2) is 0 Å². The predicted octanol–water partition coefficient (Wildman–Crippen LogP) is 3.44. The van der Waals surface area contributed by atoms with Crippen LogP contribution < -0.4 is 4.74 Å². The quantitative estimate of drug-likeness (QED) is 0.392. The van der Waals surface area contributed by atoms with E-state index in [4.69, 9.17) is 4.74 Å². The van der Waals surface area contributed by atoms with Crippen LogP contribution in [-0.2, 0) is 0 Å². The van der Waals surface area contributed by atoms with Gasteiger partial charge in [0.2, 0.25) is 0 Å². The summed E-state index contributed by atoms with van der Waals surface area (Å²) in [6.45, 7) is -0.295. The lowest BCUT2D eigenvalue weighted by molar-refractivity contribution is -0.384. The van der Waals surface area contributed by atoms with Gasteiger partial charge in [0.25, 0.3) is 11.6 Å². The molecule has 0 fully saturated rings. The molecule has 0 aliphatic carbocycles. The number of aliphatic hydroxyl groups excluding tert-OH is 2. The molecule has 8 heteroatoms. The maximum atomic E-state index is 13.1. The Bertz CT molecular complexity index is 1070. The van der Waals surface area contributed by atoms with Crippen LogP contribution in [0.2, 0.25) is 0 Å². The minimum absolute atomic E-state index is 0.0373. The van der Waals surface area contributed by atoms with Gasteiger partial charge in [-0.1, -0.05) is 24.3 Å². The van der Waals surface area contributed by atoms with Crippen LogP contribution in [-0.4, -0.2) is 52.7 Å². The number of aliphatic hydroxyl groups is 2. The molecule has 166 valence electrons. The first-order valence-corrected chi connectivity index (χ1v) is 10.00. The van der Waals surface area contributed by atoms with E-state index in [1.807, 2.05) is 30.3 Å². The third-order valence-corrected chi connectivity index (χ3v) is 5.07. The summed E-state index contributed by atoms with van der Waals surface area (Å²) in [6, 6.07) is 20.1. The van der Waals surface area contributed by atoms with Crippen LogP contribution in [0, 0.1) is 10.1 Å². The minimum atomic E-state index is -1.06. The Kier molecular flexibility index (Phi) is 7.54. The van der Waals surface area contributed by atoms with Gasteiger partial charge in [0.1, 0.15) is 5.75 Å². The summed E-state index contributed by atoms with van der Waals surface area (Å²) in [5, 5.41) is 30.8. The number of methoxy groups -OCH3 is 1. The first-order valence-electron chi connectivity index (χ1n) is 10.00. The molecule has 0 spiro atoms. The third-order valence-electron chi connectivity index (χ3n) is 5.07.